The minimum atomic E-state index is 0.657. The first-order chi connectivity index (χ1) is 7.75. The predicted octanol–water partition coefficient (Wildman–Crippen LogP) is 4.02. The van der Waals surface area contributed by atoms with Gasteiger partial charge in [0.1, 0.15) is 0 Å². The summed E-state index contributed by atoms with van der Waals surface area (Å²) in [4.78, 5) is 0. The fourth-order valence-corrected chi connectivity index (χ4v) is 4.38. The summed E-state index contributed by atoms with van der Waals surface area (Å²) in [6, 6.07) is 0. The molecular weight excluding hydrogens is 196 g/mol. The van der Waals surface area contributed by atoms with Gasteiger partial charge in [0.2, 0.25) is 0 Å². The van der Waals surface area contributed by atoms with Gasteiger partial charge in [0.15, 0.2) is 0 Å². The molecule has 0 aromatic rings. The van der Waals surface area contributed by atoms with Crippen LogP contribution in [0.25, 0.3) is 0 Å². The molecule has 0 radical (unpaired) electrons. The van der Waals surface area contributed by atoms with Crippen LogP contribution in [0, 0.1) is 23.7 Å². The molecule has 2 aliphatic carbocycles. The third-order valence-electron chi connectivity index (χ3n) is 5.60. The highest BCUT2D eigenvalue weighted by molar-refractivity contribution is 4.96. The number of hydrogen-bond acceptors (Lipinski definition) is 1. The average Bonchev–Trinajstić information content (AvgIpc) is 3.06. The second kappa shape index (κ2) is 4.33. The zero-order valence-electron chi connectivity index (χ0n) is 10.8. The van der Waals surface area contributed by atoms with Crippen LogP contribution in [0.2, 0.25) is 0 Å². The minimum Gasteiger partial charge on any atom is -0.370 e. The smallest absolute Gasteiger partial charge is 0.0844 e. The van der Waals surface area contributed by atoms with Gasteiger partial charge in [-0.1, -0.05) is 46.0 Å². The van der Waals surface area contributed by atoms with Gasteiger partial charge in [-0.05, 0) is 36.5 Å². The number of fused-ring (bicyclic) bond motifs is 1. The van der Waals surface area contributed by atoms with Crippen molar-refractivity contribution < 1.29 is 4.74 Å². The molecule has 0 N–H and O–H groups in total. The van der Waals surface area contributed by atoms with E-state index >= 15 is 0 Å². The highest BCUT2D eigenvalue weighted by Crippen LogP contribution is 2.48. The third kappa shape index (κ3) is 2.03. The van der Waals surface area contributed by atoms with E-state index in [-0.39, 0.29) is 0 Å². The Bertz CT molecular complexity index is 244. The molecule has 0 aromatic heterocycles. The molecule has 5 unspecified atom stereocenters. The van der Waals surface area contributed by atoms with Crippen LogP contribution in [-0.4, -0.2) is 12.2 Å². The molecule has 2 saturated carbocycles. The normalized spacial score (nSPS) is 46.1. The molecule has 5 atom stereocenters. The highest BCUT2D eigenvalue weighted by atomic mass is 16.6. The zero-order valence-corrected chi connectivity index (χ0v) is 10.8. The molecule has 0 amide bonds. The van der Waals surface area contributed by atoms with Crippen LogP contribution in [0.5, 0.6) is 0 Å². The first-order valence-corrected chi connectivity index (χ1v) is 7.41. The van der Waals surface area contributed by atoms with Gasteiger partial charge >= 0.3 is 0 Å². The summed E-state index contributed by atoms with van der Waals surface area (Å²) in [7, 11) is 0. The SMILES string of the molecule is CC1CC2OC2CC1C(C)C1CCCCC1. The molecule has 1 heterocycles. The summed E-state index contributed by atoms with van der Waals surface area (Å²) in [6.45, 7) is 4.99. The monoisotopic (exact) mass is 222 g/mol. The number of hydrogen-bond donors (Lipinski definition) is 0. The van der Waals surface area contributed by atoms with Crippen molar-refractivity contribution in [3.63, 3.8) is 0 Å². The predicted molar refractivity (Wildman–Crippen MR) is 66.3 cm³/mol. The lowest BCUT2D eigenvalue weighted by atomic mass is 9.67. The average molecular weight is 222 g/mol. The summed E-state index contributed by atoms with van der Waals surface area (Å²) in [5.41, 5.74) is 0. The van der Waals surface area contributed by atoms with Gasteiger partial charge < -0.3 is 4.74 Å². The molecule has 1 aliphatic heterocycles. The fraction of sp³-hybridized carbons (Fsp3) is 1.00. The molecule has 1 nitrogen and oxygen atoms in total. The molecule has 0 aromatic carbocycles. The van der Waals surface area contributed by atoms with Crippen LogP contribution in [0.3, 0.4) is 0 Å². The third-order valence-corrected chi connectivity index (χ3v) is 5.60. The Hall–Kier alpha value is -0.0400. The lowest BCUT2D eigenvalue weighted by molar-refractivity contribution is 0.126. The van der Waals surface area contributed by atoms with Crippen LogP contribution < -0.4 is 0 Å². The Morgan fingerprint density at radius 2 is 1.69 bits per heavy atom. The molecular formula is C15H26O. The van der Waals surface area contributed by atoms with Crippen molar-refractivity contribution >= 4 is 0 Å². The van der Waals surface area contributed by atoms with E-state index < -0.39 is 0 Å². The van der Waals surface area contributed by atoms with Crippen LogP contribution in [0.4, 0.5) is 0 Å². The summed E-state index contributed by atoms with van der Waals surface area (Å²) in [5.74, 6) is 3.82. The van der Waals surface area contributed by atoms with Gasteiger partial charge in [-0.25, -0.2) is 0 Å². The Balaban J connectivity index is 1.61. The van der Waals surface area contributed by atoms with Crippen molar-refractivity contribution in [3.05, 3.63) is 0 Å². The standard InChI is InChI=1S/C15H26O/c1-10-8-14-15(16-14)9-13(10)11(2)12-6-4-3-5-7-12/h10-15H,3-9H2,1-2H3. The van der Waals surface area contributed by atoms with Gasteiger partial charge in [0.25, 0.3) is 0 Å². The lowest BCUT2D eigenvalue weighted by Crippen LogP contribution is -2.32. The largest absolute Gasteiger partial charge is 0.370 e. The fourth-order valence-electron chi connectivity index (χ4n) is 4.38. The highest BCUT2D eigenvalue weighted by Gasteiger charge is 2.48. The summed E-state index contributed by atoms with van der Waals surface area (Å²) < 4.78 is 5.72. The van der Waals surface area contributed by atoms with E-state index in [0.717, 1.165) is 23.7 Å². The van der Waals surface area contributed by atoms with E-state index in [4.69, 9.17) is 4.74 Å². The van der Waals surface area contributed by atoms with Gasteiger partial charge in [0, 0.05) is 0 Å². The van der Waals surface area contributed by atoms with Crippen molar-refractivity contribution in [2.45, 2.75) is 71.0 Å². The molecule has 16 heavy (non-hydrogen) atoms. The van der Waals surface area contributed by atoms with Crippen LogP contribution in [-0.2, 0) is 4.74 Å². The van der Waals surface area contributed by atoms with Crippen molar-refractivity contribution in [1.29, 1.82) is 0 Å². The Kier molecular flexibility index (Phi) is 2.99. The minimum absolute atomic E-state index is 0.657. The van der Waals surface area contributed by atoms with Gasteiger partial charge in [-0.15, -0.1) is 0 Å². The Morgan fingerprint density at radius 3 is 2.44 bits per heavy atom. The van der Waals surface area contributed by atoms with E-state index in [1.165, 1.54) is 44.9 Å². The summed E-state index contributed by atoms with van der Waals surface area (Å²) in [5, 5.41) is 0. The zero-order chi connectivity index (χ0) is 11.1. The number of ether oxygens (including phenoxy) is 1. The topological polar surface area (TPSA) is 12.5 Å². The number of rotatable bonds is 2. The quantitative estimate of drug-likeness (QED) is 0.643. The Morgan fingerprint density at radius 1 is 1.00 bits per heavy atom. The van der Waals surface area contributed by atoms with Crippen molar-refractivity contribution in [2.75, 3.05) is 0 Å². The van der Waals surface area contributed by atoms with Crippen LogP contribution in [0.15, 0.2) is 0 Å². The molecule has 3 aliphatic rings. The molecule has 1 heteroatoms. The molecule has 92 valence electrons. The van der Waals surface area contributed by atoms with Crippen LogP contribution in [0.1, 0.15) is 58.8 Å². The Labute approximate surface area is 99.9 Å². The van der Waals surface area contributed by atoms with E-state index in [1.54, 1.807) is 0 Å². The molecule has 1 saturated heterocycles. The summed E-state index contributed by atoms with van der Waals surface area (Å²) in [6.07, 6.45) is 11.5. The summed E-state index contributed by atoms with van der Waals surface area (Å²) >= 11 is 0. The van der Waals surface area contributed by atoms with E-state index in [0.29, 0.717) is 12.2 Å². The van der Waals surface area contributed by atoms with Gasteiger partial charge in [-0.2, -0.15) is 0 Å². The molecule has 0 bridgehead atoms. The first kappa shape index (κ1) is 11.1. The first-order valence-electron chi connectivity index (χ1n) is 7.41. The van der Waals surface area contributed by atoms with E-state index in [9.17, 15) is 0 Å². The van der Waals surface area contributed by atoms with Gasteiger partial charge in [-0.3, -0.25) is 0 Å². The molecule has 0 spiro atoms. The van der Waals surface area contributed by atoms with Crippen molar-refractivity contribution in [1.82, 2.24) is 0 Å². The maximum absolute atomic E-state index is 5.72. The van der Waals surface area contributed by atoms with Crippen molar-refractivity contribution in [2.24, 2.45) is 23.7 Å². The molecule has 3 rings (SSSR count). The second-order valence-corrected chi connectivity index (χ2v) is 6.58. The maximum Gasteiger partial charge on any atom is 0.0844 e. The second-order valence-electron chi connectivity index (χ2n) is 6.58. The van der Waals surface area contributed by atoms with E-state index in [2.05, 4.69) is 13.8 Å². The lowest BCUT2D eigenvalue weighted by Gasteiger charge is -2.38. The van der Waals surface area contributed by atoms with Crippen LogP contribution >= 0.6 is 0 Å². The maximum atomic E-state index is 5.72. The van der Waals surface area contributed by atoms with Gasteiger partial charge in [0.05, 0.1) is 12.2 Å². The number of epoxide rings is 1. The van der Waals surface area contributed by atoms with Crippen molar-refractivity contribution in [3.8, 4) is 0 Å². The van der Waals surface area contributed by atoms with E-state index in [1.807, 2.05) is 0 Å². The molecule has 3 fully saturated rings.